The van der Waals surface area contributed by atoms with Crippen molar-refractivity contribution in [2.75, 3.05) is 10.2 Å². The van der Waals surface area contributed by atoms with Crippen LogP contribution in [0.5, 0.6) is 0 Å². The van der Waals surface area contributed by atoms with Crippen molar-refractivity contribution < 1.29 is 18.4 Å². The van der Waals surface area contributed by atoms with Crippen molar-refractivity contribution >= 4 is 58.2 Å². The molecule has 3 aromatic carbocycles. The number of amides is 2. The number of nitrogens with one attached hydrogen (secondary N) is 1. The van der Waals surface area contributed by atoms with E-state index < -0.39 is 28.7 Å². The van der Waals surface area contributed by atoms with E-state index in [1.54, 1.807) is 18.2 Å². The molecule has 0 aromatic heterocycles. The Hall–Kier alpha value is -3.38. The molecule has 0 aliphatic carbocycles. The first-order valence-corrected chi connectivity index (χ1v) is 11.8. The van der Waals surface area contributed by atoms with E-state index in [4.69, 9.17) is 23.2 Å². The van der Waals surface area contributed by atoms with Gasteiger partial charge in [-0.2, -0.15) is 5.26 Å². The van der Waals surface area contributed by atoms with Crippen LogP contribution in [0.1, 0.15) is 5.56 Å². The molecule has 176 valence electrons. The summed E-state index contributed by atoms with van der Waals surface area (Å²) in [4.78, 5) is 27.7. The number of carbonyl (C=O) groups is 2. The second kappa shape index (κ2) is 10.5. The van der Waals surface area contributed by atoms with Crippen LogP contribution in [0.4, 0.5) is 20.2 Å². The van der Waals surface area contributed by atoms with E-state index in [0.717, 1.165) is 23.9 Å². The summed E-state index contributed by atoms with van der Waals surface area (Å²) in [5.41, 5.74) is 0.867. The van der Waals surface area contributed by atoms with E-state index in [-0.39, 0.29) is 22.7 Å². The summed E-state index contributed by atoms with van der Waals surface area (Å²) in [5, 5.41) is 12.6. The maximum Gasteiger partial charge on any atom is 0.269 e. The third-order valence-electron chi connectivity index (χ3n) is 5.11. The van der Waals surface area contributed by atoms with Gasteiger partial charge in [-0.3, -0.25) is 14.5 Å². The molecule has 0 saturated carbocycles. The lowest BCUT2D eigenvalue weighted by atomic mass is 10.1. The number of thioether (sulfide) groups is 1. The summed E-state index contributed by atoms with van der Waals surface area (Å²) in [5.74, 6) is -2.17. The van der Waals surface area contributed by atoms with E-state index in [0.29, 0.717) is 21.3 Å². The minimum absolute atomic E-state index is 0.0897. The first-order valence-electron chi connectivity index (χ1n) is 10.2. The number of rotatable bonds is 5. The number of nitrogens with zero attached hydrogens (tertiary/aromatic N) is 2. The van der Waals surface area contributed by atoms with E-state index in [2.05, 4.69) is 5.32 Å². The fraction of sp³-hybridized carbons (Fsp3) is 0.0800. The molecule has 3 aromatic rings. The Bertz CT molecular complexity index is 1370. The molecule has 1 atom stereocenters. The van der Waals surface area contributed by atoms with Crippen LogP contribution in [0, 0.1) is 23.0 Å². The summed E-state index contributed by atoms with van der Waals surface area (Å²) in [6.07, 6.45) is 0.183. The number of carbonyl (C=O) groups excluding carboxylic acids is 2. The zero-order valence-electron chi connectivity index (χ0n) is 17.8. The maximum absolute atomic E-state index is 13.5. The van der Waals surface area contributed by atoms with Crippen LogP contribution in [0.3, 0.4) is 0 Å². The Balaban J connectivity index is 1.73. The lowest BCUT2D eigenvalue weighted by Gasteiger charge is -2.18. The summed E-state index contributed by atoms with van der Waals surface area (Å²) in [7, 11) is 0. The molecule has 35 heavy (non-hydrogen) atoms. The average molecular weight is 530 g/mol. The van der Waals surface area contributed by atoms with Gasteiger partial charge in [-0.25, -0.2) is 8.78 Å². The van der Waals surface area contributed by atoms with Gasteiger partial charge in [0, 0.05) is 21.4 Å². The molecule has 1 aliphatic rings. The standard InChI is InChI=1S/C25H15Cl2F2N3O2S/c26-15-1-10-21(27)14(11-15)12-22-24(34)32(19-8-4-17(29)5-9-19)25(35-22)20(13-30)23(33)31-18-6-2-16(28)3-7-18/h1-11,22H,12H2,(H,31,33). The molecule has 1 N–H and O–H groups in total. The zero-order valence-corrected chi connectivity index (χ0v) is 20.1. The maximum atomic E-state index is 13.5. The highest BCUT2D eigenvalue weighted by Gasteiger charge is 2.41. The monoisotopic (exact) mass is 529 g/mol. The van der Waals surface area contributed by atoms with Crippen LogP contribution in [-0.4, -0.2) is 17.1 Å². The average Bonchev–Trinajstić information content (AvgIpc) is 3.14. The van der Waals surface area contributed by atoms with Gasteiger partial charge < -0.3 is 5.32 Å². The number of benzene rings is 3. The molecule has 1 aliphatic heterocycles. The van der Waals surface area contributed by atoms with Crippen LogP contribution in [0.2, 0.25) is 10.0 Å². The number of halogens is 4. The molecular weight excluding hydrogens is 515 g/mol. The molecule has 0 radical (unpaired) electrons. The SMILES string of the molecule is N#CC(C(=O)Nc1ccc(F)cc1)=C1SC(Cc2cc(Cl)ccc2Cl)C(=O)N1c1ccc(F)cc1. The van der Waals surface area contributed by atoms with Crippen molar-refractivity contribution in [3.8, 4) is 6.07 Å². The predicted octanol–water partition coefficient (Wildman–Crippen LogP) is 6.34. The van der Waals surface area contributed by atoms with Crippen LogP contribution >= 0.6 is 35.0 Å². The van der Waals surface area contributed by atoms with Crippen LogP contribution in [0.15, 0.2) is 77.3 Å². The topological polar surface area (TPSA) is 73.2 Å². The third-order valence-corrected chi connectivity index (χ3v) is 6.97. The number of hydrogen-bond donors (Lipinski definition) is 1. The summed E-state index contributed by atoms with van der Waals surface area (Å²) in [6.45, 7) is 0. The molecule has 0 bridgehead atoms. The molecule has 2 amide bonds. The van der Waals surface area contributed by atoms with Gasteiger partial charge in [0.05, 0.1) is 5.25 Å². The van der Waals surface area contributed by atoms with Crippen molar-refractivity contribution in [2.45, 2.75) is 11.7 Å². The first kappa shape index (κ1) is 24.7. The quantitative estimate of drug-likeness (QED) is 0.309. The highest BCUT2D eigenvalue weighted by molar-refractivity contribution is 8.05. The normalized spacial score (nSPS) is 16.7. The van der Waals surface area contributed by atoms with E-state index in [9.17, 15) is 23.6 Å². The smallest absolute Gasteiger partial charge is 0.269 e. The zero-order chi connectivity index (χ0) is 25.1. The van der Waals surface area contributed by atoms with Crippen molar-refractivity contribution in [1.29, 1.82) is 5.26 Å². The molecule has 10 heteroatoms. The van der Waals surface area contributed by atoms with E-state index >= 15 is 0 Å². The molecule has 0 spiro atoms. The lowest BCUT2D eigenvalue weighted by molar-refractivity contribution is -0.117. The van der Waals surface area contributed by atoms with Crippen molar-refractivity contribution in [1.82, 2.24) is 0 Å². The van der Waals surface area contributed by atoms with Gasteiger partial charge in [-0.15, -0.1) is 0 Å². The van der Waals surface area contributed by atoms with Crippen LogP contribution < -0.4 is 10.2 Å². The van der Waals surface area contributed by atoms with Gasteiger partial charge in [0.25, 0.3) is 5.91 Å². The third kappa shape index (κ3) is 5.49. The fourth-order valence-corrected chi connectivity index (χ4v) is 5.12. The Morgan fingerprint density at radius 1 is 1.03 bits per heavy atom. The van der Waals surface area contributed by atoms with Crippen molar-refractivity contribution in [3.05, 3.63) is 105 Å². The summed E-state index contributed by atoms with van der Waals surface area (Å²) in [6, 6.07) is 16.9. The van der Waals surface area contributed by atoms with Gasteiger partial charge in [0.2, 0.25) is 5.91 Å². The fourth-order valence-electron chi connectivity index (χ4n) is 3.44. The Morgan fingerprint density at radius 3 is 2.29 bits per heavy atom. The second-order valence-corrected chi connectivity index (χ2v) is 9.48. The molecule has 1 saturated heterocycles. The summed E-state index contributed by atoms with van der Waals surface area (Å²) < 4.78 is 26.8. The number of anilines is 2. The van der Waals surface area contributed by atoms with Crippen molar-refractivity contribution in [2.24, 2.45) is 0 Å². The summed E-state index contributed by atoms with van der Waals surface area (Å²) >= 11 is 13.4. The van der Waals surface area contributed by atoms with Crippen molar-refractivity contribution in [3.63, 3.8) is 0 Å². The molecule has 1 unspecified atom stereocenters. The van der Waals surface area contributed by atoms with Gasteiger partial charge in [-0.1, -0.05) is 35.0 Å². The largest absolute Gasteiger partial charge is 0.321 e. The molecular formula is C25H15Cl2F2N3O2S. The first-order chi connectivity index (χ1) is 16.8. The second-order valence-electron chi connectivity index (χ2n) is 7.45. The van der Waals surface area contributed by atoms with Gasteiger partial charge in [-0.05, 0) is 78.7 Å². The van der Waals surface area contributed by atoms with Crippen LogP contribution in [0.25, 0.3) is 0 Å². The minimum atomic E-state index is -0.775. The Morgan fingerprint density at radius 2 is 1.66 bits per heavy atom. The number of hydrogen-bond acceptors (Lipinski definition) is 4. The van der Waals surface area contributed by atoms with Gasteiger partial charge in [0.1, 0.15) is 28.3 Å². The predicted molar refractivity (Wildman–Crippen MR) is 133 cm³/mol. The highest BCUT2D eigenvalue weighted by atomic mass is 35.5. The Labute approximate surface area is 213 Å². The molecule has 5 nitrogen and oxygen atoms in total. The van der Waals surface area contributed by atoms with E-state index in [1.807, 2.05) is 6.07 Å². The molecule has 1 fully saturated rings. The lowest BCUT2D eigenvalue weighted by Crippen LogP contribution is -2.31. The Kier molecular flexibility index (Phi) is 7.41. The highest BCUT2D eigenvalue weighted by Crippen LogP contribution is 2.42. The van der Waals surface area contributed by atoms with E-state index in [1.165, 1.54) is 41.3 Å². The molecule has 4 rings (SSSR count). The van der Waals surface area contributed by atoms with Gasteiger partial charge in [0.15, 0.2) is 0 Å². The minimum Gasteiger partial charge on any atom is -0.321 e. The molecule has 1 heterocycles. The van der Waals surface area contributed by atoms with Gasteiger partial charge >= 0.3 is 0 Å². The number of nitriles is 1. The van der Waals surface area contributed by atoms with Crippen LogP contribution in [-0.2, 0) is 16.0 Å².